The molecule has 31 heavy (non-hydrogen) atoms. The van der Waals surface area contributed by atoms with Gasteiger partial charge in [0.2, 0.25) is 11.8 Å². The molecule has 4 fully saturated rings. The number of likely N-dealkylation sites (tertiary alicyclic amines) is 1. The van der Waals surface area contributed by atoms with Gasteiger partial charge in [0, 0.05) is 31.0 Å². The van der Waals surface area contributed by atoms with E-state index in [1.807, 2.05) is 11.8 Å². The predicted molar refractivity (Wildman–Crippen MR) is 122 cm³/mol. The molecule has 5 heteroatoms. The molecule has 4 rings (SSSR count). The predicted octanol–water partition coefficient (Wildman–Crippen LogP) is 4.13. The van der Waals surface area contributed by atoms with Gasteiger partial charge in [-0.15, -0.1) is 0 Å². The number of aliphatic hydroxyl groups excluding tert-OH is 1. The van der Waals surface area contributed by atoms with Gasteiger partial charge in [-0.25, -0.2) is 0 Å². The number of hydrogen-bond donors (Lipinski definition) is 2. The molecule has 0 bridgehead atoms. The third-order valence-corrected chi connectivity index (χ3v) is 9.64. The molecule has 0 aromatic carbocycles. The van der Waals surface area contributed by atoms with Crippen molar-refractivity contribution < 1.29 is 14.7 Å². The molecule has 1 heterocycles. The molecule has 0 aromatic rings. The summed E-state index contributed by atoms with van der Waals surface area (Å²) < 4.78 is 0. The van der Waals surface area contributed by atoms with Crippen molar-refractivity contribution in [3.8, 4) is 0 Å². The molecule has 3 saturated carbocycles. The number of amides is 2. The Morgan fingerprint density at radius 2 is 1.65 bits per heavy atom. The summed E-state index contributed by atoms with van der Waals surface area (Å²) in [6.45, 7) is 8.34. The van der Waals surface area contributed by atoms with Crippen molar-refractivity contribution in [2.75, 3.05) is 13.1 Å². The van der Waals surface area contributed by atoms with E-state index < -0.39 is 6.10 Å². The summed E-state index contributed by atoms with van der Waals surface area (Å²) >= 11 is 0. The highest BCUT2D eigenvalue weighted by Gasteiger charge is 2.54. The van der Waals surface area contributed by atoms with Gasteiger partial charge in [0.05, 0.1) is 6.10 Å². The number of fused-ring (bicyclic) bond motifs is 1. The summed E-state index contributed by atoms with van der Waals surface area (Å²) in [5.41, 5.74) is 0.109. The molecule has 2 N–H and O–H groups in total. The second-order valence-electron chi connectivity index (χ2n) is 11.5. The Kier molecular flexibility index (Phi) is 7.00. The molecule has 4 aliphatic rings. The van der Waals surface area contributed by atoms with E-state index in [2.05, 4.69) is 19.2 Å². The third kappa shape index (κ3) is 4.54. The van der Waals surface area contributed by atoms with Crippen molar-refractivity contribution in [1.29, 1.82) is 0 Å². The van der Waals surface area contributed by atoms with Crippen LogP contribution in [-0.4, -0.2) is 47.1 Å². The van der Waals surface area contributed by atoms with Crippen LogP contribution < -0.4 is 5.32 Å². The molecular formula is C26H44N2O3. The van der Waals surface area contributed by atoms with Crippen LogP contribution in [0.5, 0.6) is 0 Å². The van der Waals surface area contributed by atoms with Crippen LogP contribution in [-0.2, 0) is 9.59 Å². The van der Waals surface area contributed by atoms with Gasteiger partial charge >= 0.3 is 0 Å². The maximum absolute atomic E-state index is 13.1. The van der Waals surface area contributed by atoms with E-state index in [9.17, 15) is 14.7 Å². The Bertz CT molecular complexity index is 655. The van der Waals surface area contributed by atoms with Crippen LogP contribution >= 0.6 is 0 Å². The third-order valence-electron chi connectivity index (χ3n) is 9.64. The maximum atomic E-state index is 13.1. The van der Waals surface area contributed by atoms with Crippen molar-refractivity contribution in [2.45, 2.75) is 104 Å². The quantitative estimate of drug-likeness (QED) is 0.702. The Hall–Kier alpha value is -1.10. The average Bonchev–Trinajstić information content (AvgIpc) is 3.30. The minimum atomic E-state index is -0.468. The summed E-state index contributed by atoms with van der Waals surface area (Å²) in [4.78, 5) is 28.0. The minimum absolute atomic E-state index is 0.0291. The molecule has 0 spiro atoms. The largest absolute Gasteiger partial charge is 0.392 e. The van der Waals surface area contributed by atoms with E-state index in [-0.39, 0.29) is 52.9 Å². The van der Waals surface area contributed by atoms with Crippen LogP contribution in [0, 0.1) is 35.0 Å². The minimum Gasteiger partial charge on any atom is -0.392 e. The van der Waals surface area contributed by atoms with Gasteiger partial charge in [0.1, 0.15) is 0 Å². The molecule has 2 amide bonds. The molecule has 0 unspecified atom stereocenters. The Balaban J connectivity index is 1.44. The van der Waals surface area contributed by atoms with Crippen molar-refractivity contribution in [1.82, 2.24) is 10.2 Å². The van der Waals surface area contributed by atoms with Gasteiger partial charge in [-0.1, -0.05) is 40.0 Å². The standard InChI is InChI=1S/C26H44N2O3/c1-17(25(31)28-15-7-8-16-28)20-11-13-26(3)14-12-21(18(2)22(26)23(20)29)27-24(30)19-9-5-4-6-10-19/h17-23,29H,4-16H2,1-3H3,(H,27,30)/t17-,18+,20-,21-,22+,23-,26-/m0/s1. The van der Waals surface area contributed by atoms with Gasteiger partial charge in [-0.2, -0.15) is 0 Å². The zero-order valence-corrected chi connectivity index (χ0v) is 19.9. The second-order valence-corrected chi connectivity index (χ2v) is 11.5. The Morgan fingerprint density at radius 3 is 2.32 bits per heavy atom. The first-order valence-corrected chi connectivity index (χ1v) is 13.1. The van der Waals surface area contributed by atoms with E-state index in [1.54, 1.807) is 0 Å². The van der Waals surface area contributed by atoms with E-state index in [0.717, 1.165) is 64.5 Å². The molecule has 0 aromatic heterocycles. The lowest BCUT2D eigenvalue weighted by Gasteiger charge is -2.56. The van der Waals surface area contributed by atoms with Gasteiger partial charge in [-0.05, 0) is 74.5 Å². The topological polar surface area (TPSA) is 69.6 Å². The van der Waals surface area contributed by atoms with Crippen LogP contribution in [0.4, 0.5) is 0 Å². The summed E-state index contributed by atoms with van der Waals surface area (Å²) in [6, 6.07) is 0.144. The van der Waals surface area contributed by atoms with Gasteiger partial charge in [0.15, 0.2) is 0 Å². The summed E-state index contributed by atoms with van der Waals surface area (Å²) in [6.07, 6.45) is 11.4. The Morgan fingerprint density at radius 1 is 1.00 bits per heavy atom. The van der Waals surface area contributed by atoms with Crippen molar-refractivity contribution in [2.24, 2.45) is 35.0 Å². The van der Waals surface area contributed by atoms with Crippen LogP contribution in [0.25, 0.3) is 0 Å². The summed E-state index contributed by atoms with van der Waals surface area (Å²) in [7, 11) is 0. The molecular weight excluding hydrogens is 388 g/mol. The first-order valence-electron chi connectivity index (χ1n) is 13.1. The smallest absolute Gasteiger partial charge is 0.225 e. The first kappa shape index (κ1) is 23.1. The molecule has 3 aliphatic carbocycles. The number of nitrogens with one attached hydrogen (secondary N) is 1. The van der Waals surface area contributed by atoms with Crippen LogP contribution in [0.3, 0.4) is 0 Å². The second kappa shape index (κ2) is 9.41. The van der Waals surface area contributed by atoms with Crippen LogP contribution in [0.1, 0.15) is 91.4 Å². The monoisotopic (exact) mass is 432 g/mol. The zero-order valence-electron chi connectivity index (χ0n) is 19.9. The maximum Gasteiger partial charge on any atom is 0.225 e. The zero-order chi connectivity index (χ0) is 22.2. The van der Waals surface area contributed by atoms with E-state index >= 15 is 0 Å². The fraction of sp³-hybridized carbons (Fsp3) is 0.923. The van der Waals surface area contributed by atoms with E-state index in [1.165, 1.54) is 19.3 Å². The first-order chi connectivity index (χ1) is 14.8. The fourth-order valence-electron chi connectivity index (χ4n) is 7.57. The van der Waals surface area contributed by atoms with Gasteiger partial charge < -0.3 is 15.3 Å². The normalized spacial score (nSPS) is 40.3. The van der Waals surface area contributed by atoms with Gasteiger partial charge in [-0.3, -0.25) is 9.59 Å². The fourth-order valence-corrected chi connectivity index (χ4v) is 7.57. The average molecular weight is 433 g/mol. The number of rotatable bonds is 4. The van der Waals surface area contributed by atoms with Crippen molar-refractivity contribution in [3.63, 3.8) is 0 Å². The lowest BCUT2D eigenvalue weighted by Crippen LogP contribution is -2.59. The van der Waals surface area contributed by atoms with Crippen molar-refractivity contribution >= 4 is 11.8 Å². The molecule has 5 nitrogen and oxygen atoms in total. The molecule has 0 radical (unpaired) electrons. The van der Waals surface area contributed by atoms with Crippen molar-refractivity contribution in [3.05, 3.63) is 0 Å². The highest BCUT2D eigenvalue weighted by atomic mass is 16.3. The number of carbonyl (C=O) groups is 2. The van der Waals surface area contributed by atoms with Gasteiger partial charge in [0.25, 0.3) is 0 Å². The van der Waals surface area contributed by atoms with E-state index in [0.29, 0.717) is 0 Å². The summed E-state index contributed by atoms with van der Waals surface area (Å²) in [5, 5.41) is 15.0. The van der Waals surface area contributed by atoms with Crippen LogP contribution in [0.2, 0.25) is 0 Å². The van der Waals surface area contributed by atoms with E-state index in [4.69, 9.17) is 0 Å². The number of hydrogen-bond acceptors (Lipinski definition) is 3. The molecule has 1 aliphatic heterocycles. The molecule has 7 atom stereocenters. The van der Waals surface area contributed by atoms with Crippen LogP contribution in [0.15, 0.2) is 0 Å². The Labute approximate surface area is 188 Å². The lowest BCUT2D eigenvalue weighted by atomic mass is 9.51. The number of aliphatic hydroxyl groups is 1. The number of nitrogens with zero attached hydrogens (tertiary/aromatic N) is 1. The SMILES string of the molecule is C[C@H]1[C@@H]2[C@@H](O)[C@H]([C@H](C)C(=O)N3CCCC3)CC[C@@]2(C)CC[C@@H]1NC(=O)C1CCCCC1. The lowest BCUT2D eigenvalue weighted by molar-refractivity contribution is -0.150. The molecule has 176 valence electrons. The highest BCUT2D eigenvalue weighted by molar-refractivity contribution is 5.79. The highest BCUT2D eigenvalue weighted by Crippen LogP contribution is 2.55. The summed E-state index contributed by atoms with van der Waals surface area (Å²) in [5.74, 6) is 0.930. The molecule has 1 saturated heterocycles. The number of carbonyl (C=O) groups excluding carboxylic acids is 2.